The number of anilines is 2. The quantitative estimate of drug-likeness (QED) is 0.761. The number of rotatable bonds is 3. The van der Waals surface area contributed by atoms with Gasteiger partial charge in [0.1, 0.15) is 0 Å². The highest BCUT2D eigenvalue weighted by molar-refractivity contribution is 9.11. The van der Waals surface area contributed by atoms with E-state index < -0.39 is 6.03 Å². The number of nitrogens with one attached hydrogen (secondary N) is 2. The van der Waals surface area contributed by atoms with Crippen molar-refractivity contribution in [2.75, 3.05) is 10.6 Å². The highest BCUT2D eigenvalue weighted by atomic mass is 79.9. The van der Waals surface area contributed by atoms with Crippen LogP contribution in [0.4, 0.5) is 16.2 Å². The molecule has 8 heteroatoms. The summed E-state index contributed by atoms with van der Waals surface area (Å²) in [5.74, 6) is -0.279. The van der Waals surface area contributed by atoms with Crippen LogP contribution in [0.5, 0.6) is 0 Å². The van der Waals surface area contributed by atoms with Gasteiger partial charge in [0.25, 0.3) is 5.91 Å². The molecule has 104 valence electrons. The molecular weight excluding hydrogens is 366 g/mol. The molecule has 0 aliphatic rings. The van der Waals surface area contributed by atoms with E-state index in [4.69, 9.17) is 17.3 Å². The van der Waals surface area contributed by atoms with Gasteiger partial charge in [0, 0.05) is 5.69 Å². The first-order chi connectivity index (χ1) is 9.45. The van der Waals surface area contributed by atoms with E-state index >= 15 is 0 Å². The average molecular weight is 375 g/mol. The summed E-state index contributed by atoms with van der Waals surface area (Å²) in [7, 11) is 0. The molecule has 0 spiro atoms. The SMILES string of the molecule is NC(=O)Nc1ccc(Cl)c(NC(=O)c2ccc(Br)s2)c1. The second kappa shape index (κ2) is 6.25. The fraction of sp³-hybridized carbons (Fsp3) is 0. The third-order valence-electron chi connectivity index (χ3n) is 2.28. The van der Waals surface area contributed by atoms with Gasteiger partial charge in [0.05, 0.1) is 19.4 Å². The van der Waals surface area contributed by atoms with Crippen molar-refractivity contribution >= 4 is 62.2 Å². The Hall–Kier alpha value is -1.57. The molecule has 5 nitrogen and oxygen atoms in total. The lowest BCUT2D eigenvalue weighted by Crippen LogP contribution is -2.19. The molecule has 0 aliphatic heterocycles. The molecular formula is C12H9BrClN3O2S. The highest BCUT2D eigenvalue weighted by Crippen LogP contribution is 2.28. The van der Waals surface area contributed by atoms with Crippen molar-refractivity contribution in [1.29, 1.82) is 0 Å². The molecule has 4 N–H and O–H groups in total. The second-order valence-electron chi connectivity index (χ2n) is 3.74. The number of hydrogen-bond acceptors (Lipinski definition) is 3. The summed E-state index contributed by atoms with van der Waals surface area (Å²) in [6.07, 6.45) is 0. The van der Waals surface area contributed by atoms with Gasteiger partial charge in [-0.3, -0.25) is 4.79 Å². The maximum atomic E-state index is 12.0. The fourth-order valence-corrected chi connectivity index (χ4v) is 2.91. The predicted molar refractivity (Wildman–Crippen MR) is 84.6 cm³/mol. The van der Waals surface area contributed by atoms with Crippen molar-refractivity contribution in [1.82, 2.24) is 0 Å². The molecule has 2 aromatic rings. The van der Waals surface area contributed by atoms with Crippen LogP contribution < -0.4 is 16.4 Å². The van der Waals surface area contributed by atoms with E-state index in [0.29, 0.717) is 21.3 Å². The number of carbonyl (C=O) groups excluding carboxylic acids is 2. The van der Waals surface area contributed by atoms with Crippen LogP contribution in [0.15, 0.2) is 34.1 Å². The molecule has 0 saturated heterocycles. The van der Waals surface area contributed by atoms with Crippen molar-refractivity contribution in [3.63, 3.8) is 0 Å². The maximum Gasteiger partial charge on any atom is 0.316 e. The van der Waals surface area contributed by atoms with Crippen LogP contribution in [0.1, 0.15) is 9.67 Å². The number of hydrogen-bond donors (Lipinski definition) is 3. The number of amides is 3. The number of thiophene rings is 1. The first-order valence-corrected chi connectivity index (χ1v) is 7.37. The van der Waals surface area contributed by atoms with E-state index in [9.17, 15) is 9.59 Å². The van der Waals surface area contributed by atoms with Crippen molar-refractivity contribution in [2.24, 2.45) is 5.73 Å². The van der Waals surface area contributed by atoms with E-state index in [1.165, 1.54) is 17.4 Å². The van der Waals surface area contributed by atoms with Gasteiger partial charge < -0.3 is 16.4 Å². The molecule has 1 heterocycles. The number of carbonyl (C=O) groups is 2. The Balaban J connectivity index is 2.19. The van der Waals surface area contributed by atoms with E-state index in [2.05, 4.69) is 26.6 Å². The number of primary amides is 1. The largest absolute Gasteiger partial charge is 0.351 e. The van der Waals surface area contributed by atoms with E-state index in [1.807, 2.05) is 0 Å². The first kappa shape index (κ1) is 14.8. The first-order valence-electron chi connectivity index (χ1n) is 5.38. The number of halogens is 2. The lowest BCUT2D eigenvalue weighted by atomic mass is 10.2. The van der Waals surface area contributed by atoms with Crippen molar-refractivity contribution in [3.05, 3.63) is 44.0 Å². The van der Waals surface area contributed by atoms with Crippen molar-refractivity contribution in [2.45, 2.75) is 0 Å². The van der Waals surface area contributed by atoms with Gasteiger partial charge in [0.15, 0.2) is 0 Å². The number of nitrogens with two attached hydrogens (primary N) is 1. The Morgan fingerprint density at radius 2 is 1.95 bits per heavy atom. The van der Waals surface area contributed by atoms with Gasteiger partial charge in [-0.05, 0) is 46.3 Å². The van der Waals surface area contributed by atoms with Crippen LogP contribution in [0, 0.1) is 0 Å². The van der Waals surface area contributed by atoms with E-state index in [1.54, 1.807) is 24.3 Å². The van der Waals surface area contributed by atoms with Gasteiger partial charge in [-0.15, -0.1) is 11.3 Å². The summed E-state index contributed by atoms with van der Waals surface area (Å²) < 4.78 is 0.859. The molecule has 0 unspecified atom stereocenters. The van der Waals surface area contributed by atoms with Crippen molar-refractivity contribution < 1.29 is 9.59 Å². The molecule has 3 amide bonds. The zero-order valence-corrected chi connectivity index (χ0v) is 13.1. The minimum Gasteiger partial charge on any atom is -0.351 e. The highest BCUT2D eigenvalue weighted by Gasteiger charge is 2.11. The molecule has 0 aliphatic carbocycles. The van der Waals surface area contributed by atoms with Crippen LogP contribution in [0.3, 0.4) is 0 Å². The van der Waals surface area contributed by atoms with Crippen LogP contribution >= 0.6 is 38.9 Å². The Bertz CT molecular complexity index is 674. The van der Waals surface area contributed by atoms with Gasteiger partial charge in [0.2, 0.25) is 0 Å². The summed E-state index contributed by atoms with van der Waals surface area (Å²) in [4.78, 5) is 23.4. The molecule has 0 atom stereocenters. The standard InChI is InChI=1S/C12H9BrClN3O2S/c13-10-4-3-9(20-10)11(18)17-8-5-6(16-12(15)19)1-2-7(8)14/h1-5H,(H,17,18)(H3,15,16,19). The monoisotopic (exact) mass is 373 g/mol. The Morgan fingerprint density at radius 1 is 1.20 bits per heavy atom. The molecule has 20 heavy (non-hydrogen) atoms. The topological polar surface area (TPSA) is 84.2 Å². The molecule has 2 rings (SSSR count). The molecule has 0 radical (unpaired) electrons. The minimum atomic E-state index is -0.688. The zero-order valence-electron chi connectivity index (χ0n) is 9.94. The molecule has 0 saturated carbocycles. The Kier molecular flexibility index (Phi) is 4.64. The summed E-state index contributed by atoms with van der Waals surface area (Å²) >= 11 is 10.6. The fourth-order valence-electron chi connectivity index (χ4n) is 1.46. The minimum absolute atomic E-state index is 0.279. The maximum absolute atomic E-state index is 12.0. The summed E-state index contributed by atoms with van der Waals surface area (Å²) in [5, 5.41) is 5.46. The van der Waals surface area contributed by atoms with E-state index in [0.717, 1.165) is 3.79 Å². The van der Waals surface area contributed by atoms with E-state index in [-0.39, 0.29) is 5.91 Å². The third kappa shape index (κ3) is 3.72. The van der Waals surface area contributed by atoms with Gasteiger partial charge in [-0.1, -0.05) is 11.6 Å². The van der Waals surface area contributed by atoms with Crippen LogP contribution in [0.2, 0.25) is 5.02 Å². The van der Waals surface area contributed by atoms with Crippen LogP contribution in [-0.4, -0.2) is 11.9 Å². The smallest absolute Gasteiger partial charge is 0.316 e. The van der Waals surface area contributed by atoms with Crippen molar-refractivity contribution in [3.8, 4) is 0 Å². The lowest BCUT2D eigenvalue weighted by molar-refractivity contribution is 0.103. The lowest BCUT2D eigenvalue weighted by Gasteiger charge is -2.09. The van der Waals surface area contributed by atoms with Crippen LogP contribution in [0.25, 0.3) is 0 Å². The normalized spacial score (nSPS) is 10.1. The van der Waals surface area contributed by atoms with Crippen LogP contribution in [-0.2, 0) is 0 Å². The molecule has 0 fully saturated rings. The third-order valence-corrected chi connectivity index (χ3v) is 4.23. The van der Waals surface area contributed by atoms with Gasteiger partial charge >= 0.3 is 6.03 Å². The Morgan fingerprint density at radius 3 is 2.55 bits per heavy atom. The average Bonchev–Trinajstić information content (AvgIpc) is 2.79. The summed E-state index contributed by atoms with van der Waals surface area (Å²) in [6, 6.07) is 7.48. The number of benzene rings is 1. The molecule has 0 bridgehead atoms. The molecule has 1 aromatic heterocycles. The van der Waals surface area contributed by atoms with Gasteiger partial charge in [-0.25, -0.2) is 4.79 Å². The Labute approximate surface area is 132 Å². The zero-order chi connectivity index (χ0) is 14.7. The summed E-state index contributed by atoms with van der Waals surface area (Å²) in [6.45, 7) is 0. The molecule has 1 aromatic carbocycles. The van der Waals surface area contributed by atoms with Gasteiger partial charge in [-0.2, -0.15) is 0 Å². The second-order valence-corrected chi connectivity index (χ2v) is 6.61. The predicted octanol–water partition coefficient (Wildman–Crippen LogP) is 3.91. The summed E-state index contributed by atoms with van der Waals surface area (Å²) in [5.41, 5.74) is 5.88. The number of urea groups is 1.